The highest BCUT2D eigenvalue weighted by molar-refractivity contribution is 6.05. The molecule has 2 aromatic rings. The van der Waals surface area contributed by atoms with Gasteiger partial charge in [-0.3, -0.25) is 9.78 Å². The first-order valence-electron chi connectivity index (χ1n) is 8.87. The number of aromatic nitrogens is 1. The molecule has 1 aliphatic rings. The summed E-state index contributed by atoms with van der Waals surface area (Å²) in [6.45, 7) is 1.99. The molecule has 0 unspecified atom stereocenters. The van der Waals surface area contributed by atoms with E-state index in [9.17, 15) is 9.59 Å². The maximum Gasteiger partial charge on any atom is 0.337 e. The largest absolute Gasteiger partial charge is 0.465 e. The minimum absolute atomic E-state index is 0.254. The Morgan fingerprint density at radius 2 is 1.81 bits per heavy atom. The predicted molar refractivity (Wildman–Crippen MR) is 101 cm³/mol. The van der Waals surface area contributed by atoms with Gasteiger partial charge >= 0.3 is 5.97 Å². The zero-order valence-corrected chi connectivity index (χ0v) is 14.9. The SMILES string of the molecule is COC(=O)c1cccc(NC(=O)c2cncc(N3CCCCCC3)c2)c1. The van der Waals surface area contributed by atoms with Crippen LogP contribution in [0.2, 0.25) is 0 Å². The number of rotatable bonds is 4. The Morgan fingerprint density at radius 3 is 2.54 bits per heavy atom. The van der Waals surface area contributed by atoms with Crippen LogP contribution in [0.4, 0.5) is 11.4 Å². The third-order valence-corrected chi connectivity index (χ3v) is 4.50. The van der Waals surface area contributed by atoms with Crippen molar-refractivity contribution in [3.8, 4) is 0 Å². The molecule has 0 radical (unpaired) electrons. The lowest BCUT2D eigenvalue weighted by molar-refractivity contribution is 0.0600. The second-order valence-electron chi connectivity index (χ2n) is 6.36. The van der Waals surface area contributed by atoms with Crippen LogP contribution in [0.15, 0.2) is 42.7 Å². The summed E-state index contributed by atoms with van der Waals surface area (Å²) in [6.07, 6.45) is 8.19. The van der Waals surface area contributed by atoms with Gasteiger partial charge in [0.25, 0.3) is 5.91 Å². The third-order valence-electron chi connectivity index (χ3n) is 4.50. The summed E-state index contributed by atoms with van der Waals surface area (Å²) >= 11 is 0. The van der Waals surface area contributed by atoms with Crippen LogP contribution in [-0.2, 0) is 4.74 Å². The van der Waals surface area contributed by atoms with Crippen LogP contribution < -0.4 is 10.2 Å². The molecule has 26 heavy (non-hydrogen) atoms. The van der Waals surface area contributed by atoms with E-state index in [-0.39, 0.29) is 5.91 Å². The van der Waals surface area contributed by atoms with E-state index in [1.54, 1.807) is 36.7 Å². The summed E-state index contributed by atoms with van der Waals surface area (Å²) in [5.41, 5.74) is 2.40. The number of hydrogen-bond donors (Lipinski definition) is 1. The number of carbonyl (C=O) groups is 2. The highest BCUT2D eigenvalue weighted by Gasteiger charge is 2.14. The molecular formula is C20H23N3O3. The van der Waals surface area contributed by atoms with Gasteiger partial charge in [-0.2, -0.15) is 0 Å². The van der Waals surface area contributed by atoms with Gasteiger partial charge in [0.15, 0.2) is 0 Å². The third kappa shape index (κ3) is 4.39. The molecule has 1 aromatic heterocycles. The number of nitrogens with one attached hydrogen (secondary N) is 1. The molecule has 1 aliphatic heterocycles. The van der Waals surface area contributed by atoms with Gasteiger partial charge < -0.3 is 15.0 Å². The molecule has 0 spiro atoms. The molecule has 0 aliphatic carbocycles. The van der Waals surface area contributed by atoms with E-state index in [0.29, 0.717) is 16.8 Å². The van der Waals surface area contributed by atoms with Crippen molar-refractivity contribution < 1.29 is 14.3 Å². The molecule has 6 heteroatoms. The Bertz CT molecular complexity index is 783. The Morgan fingerprint density at radius 1 is 1.04 bits per heavy atom. The van der Waals surface area contributed by atoms with Crippen LogP contribution in [0.3, 0.4) is 0 Å². The number of esters is 1. The number of methoxy groups -OCH3 is 1. The number of carbonyl (C=O) groups excluding carboxylic acids is 2. The van der Waals surface area contributed by atoms with Crippen LogP contribution in [0.25, 0.3) is 0 Å². The van der Waals surface area contributed by atoms with E-state index in [1.807, 2.05) is 6.07 Å². The number of benzene rings is 1. The molecule has 1 N–H and O–H groups in total. The second kappa shape index (κ2) is 8.47. The summed E-state index contributed by atoms with van der Waals surface area (Å²) in [6, 6.07) is 8.54. The lowest BCUT2D eigenvalue weighted by Gasteiger charge is -2.22. The summed E-state index contributed by atoms with van der Waals surface area (Å²) in [4.78, 5) is 30.7. The number of ether oxygens (including phenoxy) is 1. The van der Waals surface area contributed by atoms with E-state index in [2.05, 4.69) is 15.2 Å². The molecule has 1 aromatic carbocycles. The molecule has 136 valence electrons. The van der Waals surface area contributed by atoms with Crippen LogP contribution in [-0.4, -0.2) is 37.1 Å². The van der Waals surface area contributed by atoms with Gasteiger partial charge in [-0.05, 0) is 37.1 Å². The molecule has 1 saturated heterocycles. The molecule has 1 amide bonds. The summed E-state index contributed by atoms with van der Waals surface area (Å²) in [7, 11) is 1.33. The fourth-order valence-electron chi connectivity index (χ4n) is 3.10. The number of anilines is 2. The Kier molecular flexibility index (Phi) is 5.84. The van der Waals surface area contributed by atoms with Crippen LogP contribution in [0.1, 0.15) is 46.4 Å². The Balaban J connectivity index is 1.74. The summed E-state index contributed by atoms with van der Waals surface area (Å²) in [5, 5.41) is 2.81. The minimum Gasteiger partial charge on any atom is -0.465 e. The van der Waals surface area contributed by atoms with Gasteiger partial charge in [0.2, 0.25) is 0 Å². The van der Waals surface area contributed by atoms with E-state index in [1.165, 1.54) is 20.0 Å². The molecule has 0 atom stereocenters. The number of hydrogen-bond acceptors (Lipinski definition) is 5. The molecule has 3 rings (SSSR count). The van der Waals surface area contributed by atoms with Crippen molar-refractivity contribution >= 4 is 23.3 Å². The van der Waals surface area contributed by atoms with Gasteiger partial charge in [-0.25, -0.2) is 4.79 Å². The zero-order valence-electron chi connectivity index (χ0n) is 14.9. The Hall–Kier alpha value is -2.89. The topological polar surface area (TPSA) is 71.5 Å². The first kappa shape index (κ1) is 17.9. The highest BCUT2D eigenvalue weighted by atomic mass is 16.5. The number of amides is 1. The van der Waals surface area contributed by atoms with Crippen molar-refractivity contribution in [1.82, 2.24) is 4.98 Å². The van der Waals surface area contributed by atoms with Gasteiger partial charge in [-0.15, -0.1) is 0 Å². The van der Waals surface area contributed by atoms with E-state index in [0.717, 1.165) is 31.6 Å². The molecule has 0 saturated carbocycles. The van der Waals surface area contributed by atoms with Gasteiger partial charge in [0.05, 0.1) is 30.1 Å². The standard InChI is InChI=1S/C20H23N3O3/c1-26-20(25)15-7-6-8-17(11-15)22-19(24)16-12-18(14-21-13-16)23-9-4-2-3-5-10-23/h6-8,11-14H,2-5,9-10H2,1H3,(H,22,24). The molecule has 2 heterocycles. The van der Waals surface area contributed by atoms with Gasteiger partial charge in [0, 0.05) is 25.0 Å². The fourth-order valence-corrected chi connectivity index (χ4v) is 3.10. The van der Waals surface area contributed by atoms with Crippen molar-refractivity contribution in [1.29, 1.82) is 0 Å². The van der Waals surface area contributed by atoms with Crippen molar-refractivity contribution in [2.75, 3.05) is 30.4 Å². The quantitative estimate of drug-likeness (QED) is 0.852. The second-order valence-corrected chi connectivity index (χ2v) is 6.36. The molecule has 1 fully saturated rings. The van der Waals surface area contributed by atoms with Crippen molar-refractivity contribution in [3.05, 3.63) is 53.9 Å². The zero-order chi connectivity index (χ0) is 18.4. The first-order valence-corrected chi connectivity index (χ1v) is 8.87. The number of pyridine rings is 1. The average molecular weight is 353 g/mol. The van der Waals surface area contributed by atoms with E-state index < -0.39 is 5.97 Å². The number of nitrogens with zero attached hydrogens (tertiary/aromatic N) is 2. The lowest BCUT2D eigenvalue weighted by Crippen LogP contribution is -2.24. The van der Waals surface area contributed by atoms with Crippen LogP contribution in [0.5, 0.6) is 0 Å². The predicted octanol–water partition coefficient (Wildman–Crippen LogP) is 3.50. The van der Waals surface area contributed by atoms with Gasteiger partial charge in [0.1, 0.15) is 0 Å². The first-order chi connectivity index (χ1) is 12.7. The summed E-state index contributed by atoms with van der Waals surface area (Å²) < 4.78 is 4.71. The lowest BCUT2D eigenvalue weighted by atomic mass is 10.2. The van der Waals surface area contributed by atoms with Gasteiger partial charge in [-0.1, -0.05) is 18.9 Å². The summed E-state index contributed by atoms with van der Waals surface area (Å²) in [5.74, 6) is -0.692. The van der Waals surface area contributed by atoms with Crippen molar-refractivity contribution in [2.24, 2.45) is 0 Å². The normalized spacial score (nSPS) is 14.4. The molecule has 0 bridgehead atoms. The fraction of sp³-hybridized carbons (Fsp3) is 0.350. The molecular weight excluding hydrogens is 330 g/mol. The highest BCUT2D eigenvalue weighted by Crippen LogP contribution is 2.20. The average Bonchev–Trinajstić information content (AvgIpc) is 2.97. The maximum absolute atomic E-state index is 12.6. The minimum atomic E-state index is -0.439. The Labute approximate surface area is 153 Å². The van der Waals surface area contributed by atoms with Crippen molar-refractivity contribution in [3.63, 3.8) is 0 Å². The maximum atomic E-state index is 12.6. The van der Waals surface area contributed by atoms with E-state index >= 15 is 0 Å². The van der Waals surface area contributed by atoms with Crippen LogP contribution in [0, 0.1) is 0 Å². The monoisotopic (exact) mass is 353 g/mol. The molecule has 6 nitrogen and oxygen atoms in total. The van der Waals surface area contributed by atoms with Crippen LogP contribution >= 0.6 is 0 Å². The smallest absolute Gasteiger partial charge is 0.337 e. The van der Waals surface area contributed by atoms with E-state index in [4.69, 9.17) is 4.74 Å². The van der Waals surface area contributed by atoms with Crippen molar-refractivity contribution in [2.45, 2.75) is 25.7 Å².